The Balaban J connectivity index is 1.70. The van der Waals surface area contributed by atoms with Crippen LogP contribution in [-0.2, 0) is 24.0 Å². The molecule has 0 aromatic heterocycles. The minimum Gasteiger partial charge on any atom is -0.481 e. The number of nitrogens with one attached hydrogen (secondary N) is 2. The topological polar surface area (TPSA) is 162 Å². The van der Waals surface area contributed by atoms with Crippen molar-refractivity contribution in [1.82, 2.24) is 20.4 Å². The van der Waals surface area contributed by atoms with E-state index < -0.39 is 48.2 Å². The molecule has 0 bridgehead atoms. The lowest BCUT2D eigenvalue weighted by Crippen LogP contribution is -2.57. The van der Waals surface area contributed by atoms with E-state index in [1.165, 1.54) is 9.80 Å². The Morgan fingerprint density at radius 1 is 1.00 bits per heavy atom. The molecule has 11 nitrogen and oxygen atoms in total. The number of carboxylic acid groups (broad SMARTS) is 1. The van der Waals surface area contributed by atoms with E-state index in [9.17, 15) is 29.1 Å². The van der Waals surface area contributed by atoms with Crippen LogP contribution in [0.4, 0.5) is 0 Å². The second kappa shape index (κ2) is 9.41. The molecule has 11 heteroatoms. The molecular weight excluding hydrogens is 394 g/mol. The van der Waals surface area contributed by atoms with E-state index in [4.69, 9.17) is 5.73 Å². The van der Waals surface area contributed by atoms with Crippen LogP contribution < -0.4 is 16.4 Å². The maximum absolute atomic E-state index is 12.9. The summed E-state index contributed by atoms with van der Waals surface area (Å²) in [4.78, 5) is 64.3. The molecule has 3 aliphatic heterocycles. The number of carboxylic acids is 1. The number of primary amides is 1. The summed E-state index contributed by atoms with van der Waals surface area (Å²) in [6.07, 6.45) is 3.09. The van der Waals surface area contributed by atoms with Gasteiger partial charge in [-0.1, -0.05) is 0 Å². The van der Waals surface area contributed by atoms with Gasteiger partial charge in [-0.25, -0.2) is 0 Å². The van der Waals surface area contributed by atoms with E-state index in [0.29, 0.717) is 38.6 Å². The minimum absolute atomic E-state index is 0.139. The number of hydrogen-bond donors (Lipinski definition) is 4. The van der Waals surface area contributed by atoms with Gasteiger partial charge in [0.15, 0.2) is 0 Å². The molecule has 0 saturated carbocycles. The third-order valence-electron chi connectivity index (χ3n) is 6.05. The quantitative estimate of drug-likeness (QED) is 0.374. The molecule has 3 rings (SSSR count). The van der Waals surface area contributed by atoms with Gasteiger partial charge in [-0.3, -0.25) is 24.0 Å². The van der Waals surface area contributed by atoms with E-state index >= 15 is 0 Å². The third kappa shape index (κ3) is 4.72. The summed E-state index contributed by atoms with van der Waals surface area (Å²) in [5.41, 5.74) is 5.35. The number of nitrogens with two attached hydrogens (primary N) is 1. The SMILES string of the molecule is NC(=O)[C@H]1CCCN1C(=O)[C@H](CC(=O)O)NC(=O)[C@@H]1CCCN1C(=O)[C@@H]1CCCN1. The van der Waals surface area contributed by atoms with E-state index in [2.05, 4.69) is 10.6 Å². The highest BCUT2D eigenvalue weighted by Crippen LogP contribution is 2.22. The molecule has 3 aliphatic rings. The van der Waals surface area contributed by atoms with Gasteiger partial charge in [-0.05, 0) is 45.1 Å². The molecule has 0 unspecified atom stereocenters. The van der Waals surface area contributed by atoms with Gasteiger partial charge in [0.05, 0.1) is 12.5 Å². The van der Waals surface area contributed by atoms with E-state index in [0.717, 1.165) is 13.0 Å². The monoisotopic (exact) mass is 423 g/mol. The normalized spacial score (nSPS) is 27.1. The highest BCUT2D eigenvalue weighted by Gasteiger charge is 2.41. The molecule has 0 spiro atoms. The van der Waals surface area contributed by atoms with Crippen molar-refractivity contribution >= 4 is 29.6 Å². The molecule has 5 N–H and O–H groups in total. The minimum atomic E-state index is -1.32. The molecule has 30 heavy (non-hydrogen) atoms. The fraction of sp³-hybridized carbons (Fsp3) is 0.737. The van der Waals surface area contributed by atoms with Crippen molar-refractivity contribution in [3.8, 4) is 0 Å². The molecule has 4 amide bonds. The Hall–Kier alpha value is -2.69. The predicted molar refractivity (Wildman–Crippen MR) is 104 cm³/mol. The zero-order valence-corrected chi connectivity index (χ0v) is 16.8. The van der Waals surface area contributed by atoms with Crippen molar-refractivity contribution in [2.24, 2.45) is 5.73 Å². The van der Waals surface area contributed by atoms with Gasteiger partial charge in [0, 0.05) is 13.1 Å². The van der Waals surface area contributed by atoms with Gasteiger partial charge >= 0.3 is 5.97 Å². The van der Waals surface area contributed by atoms with Gasteiger partial charge < -0.3 is 31.3 Å². The van der Waals surface area contributed by atoms with E-state index in [1.807, 2.05) is 0 Å². The molecular formula is C19H29N5O6. The number of amides is 4. The number of aliphatic carboxylic acids is 1. The average Bonchev–Trinajstić information content (AvgIpc) is 3.46. The van der Waals surface area contributed by atoms with Crippen molar-refractivity contribution < 1.29 is 29.1 Å². The summed E-state index contributed by atoms with van der Waals surface area (Å²) >= 11 is 0. The number of carbonyl (C=O) groups is 5. The van der Waals surface area contributed by atoms with Crippen LogP contribution in [0.3, 0.4) is 0 Å². The lowest BCUT2D eigenvalue weighted by molar-refractivity contribution is -0.146. The smallest absolute Gasteiger partial charge is 0.305 e. The van der Waals surface area contributed by atoms with Crippen LogP contribution in [0.1, 0.15) is 44.9 Å². The second-order valence-electron chi connectivity index (χ2n) is 8.09. The summed E-state index contributed by atoms with van der Waals surface area (Å²) in [6.45, 7) is 1.48. The lowest BCUT2D eigenvalue weighted by atomic mass is 10.1. The Morgan fingerprint density at radius 2 is 1.67 bits per heavy atom. The molecule has 3 fully saturated rings. The Labute approximate surface area is 174 Å². The molecule has 0 aromatic rings. The summed E-state index contributed by atoms with van der Waals surface area (Å²) < 4.78 is 0. The lowest BCUT2D eigenvalue weighted by Gasteiger charge is -2.30. The number of nitrogens with zero attached hydrogens (tertiary/aromatic N) is 2. The Morgan fingerprint density at radius 3 is 2.27 bits per heavy atom. The van der Waals surface area contributed by atoms with Crippen LogP contribution in [0.2, 0.25) is 0 Å². The molecule has 4 atom stereocenters. The number of likely N-dealkylation sites (tertiary alicyclic amines) is 2. The fourth-order valence-electron chi connectivity index (χ4n) is 4.57. The fourth-order valence-corrected chi connectivity index (χ4v) is 4.57. The van der Waals surface area contributed by atoms with Crippen LogP contribution in [-0.4, -0.2) is 88.3 Å². The maximum Gasteiger partial charge on any atom is 0.305 e. The Bertz CT molecular complexity index is 722. The van der Waals surface area contributed by atoms with Crippen molar-refractivity contribution in [2.45, 2.75) is 69.1 Å². The summed E-state index contributed by atoms with van der Waals surface area (Å²) in [6, 6.07) is -3.17. The standard InChI is InChI=1S/C19H29N5O6/c20-16(27)13-5-2-8-23(13)19(30)12(10-15(25)26)22-17(28)14-6-3-9-24(14)18(29)11-4-1-7-21-11/h11-14,21H,1-10H2,(H2,20,27)(H,22,28)(H,25,26)/t11-,12-,13+,14-/m0/s1. The molecule has 0 aliphatic carbocycles. The van der Waals surface area contributed by atoms with Crippen molar-refractivity contribution in [2.75, 3.05) is 19.6 Å². The van der Waals surface area contributed by atoms with Crippen LogP contribution >= 0.6 is 0 Å². The van der Waals surface area contributed by atoms with Gasteiger partial charge in [0.2, 0.25) is 23.6 Å². The number of hydrogen-bond acceptors (Lipinski definition) is 6. The molecule has 166 valence electrons. The van der Waals surface area contributed by atoms with E-state index in [1.54, 1.807) is 0 Å². The summed E-state index contributed by atoms with van der Waals surface area (Å²) in [5, 5.41) is 14.9. The molecule has 0 aromatic carbocycles. The van der Waals surface area contributed by atoms with E-state index in [-0.39, 0.29) is 18.5 Å². The second-order valence-corrected chi connectivity index (χ2v) is 8.09. The van der Waals surface area contributed by atoms with Crippen molar-refractivity contribution in [3.63, 3.8) is 0 Å². The van der Waals surface area contributed by atoms with Crippen molar-refractivity contribution in [1.29, 1.82) is 0 Å². The molecule has 3 heterocycles. The van der Waals surface area contributed by atoms with Crippen LogP contribution in [0.5, 0.6) is 0 Å². The average molecular weight is 423 g/mol. The highest BCUT2D eigenvalue weighted by molar-refractivity contribution is 5.96. The van der Waals surface area contributed by atoms with Gasteiger partial charge in [-0.15, -0.1) is 0 Å². The Kier molecular flexibility index (Phi) is 6.91. The first-order valence-corrected chi connectivity index (χ1v) is 10.5. The van der Waals surface area contributed by atoms with Crippen molar-refractivity contribution in [3.05, 3.63) is 0 Å². The number of carbonyl (C=O) groups excluding carboxylic acids is 4. The first kappa shape index (κ1) is 22.0. The largest absolute Gasteiger partial charge is 0.481 e. The molecule has 3 saturated heterocycles. The maximum atomic E-state index is 12.9. The summed E-state index contributed by atoms with van der Waals surface area (Å²) in [5.74, 6) is -3.23. The molecule has 0 radical (unpaired) electrons. The third-order valence-corrected chi connectivity index (χ3v) is 6.05. The zero-order chi connectivity index (χ0) is 21.8. The van der Waals surface area contributed by atoms with Gasteiger partial charge in [-0.2, -0.15) is 0 Å². The first-order chi connectivity index (χ1) is 14.3. The van der Waals surface area contributed by atoms with Gasteiger partial charge in [0.1, 0.15) is 18.1 Å². The predicted octanol–water partition coefficient (Wildman–Crippen LogP) is -1.83. The van der Waals surface area contributed by atoms with Gasteiger partial charge in [0.25, 0.3) is 0 Å². The highest BCUT2D eigenvalue weighted by atomic mass is 16.4. The van der Waals surface area contributed by atoms with Crippen LogP contribution in [0.25, 0.3) is 0 Å². The zero-order valence-electron chi connectivity index (χ0n) is 16.8. The summed E-state index contributed by atoms with van der Waals surface area (Å²) in [7, 11) is 0. The first-order valence-electron chi connectivity index (χ1n) is 10.5. The number of rotatable bonds is 7. The van der Waals surface area contributed by atoms with Crippen LogP contribution in [0, 0.1) is 0 Å². The van der Waals surface area contributed by atoms with Crippen LogP contribution in [0.15, 0.2) is 0 Å².